The van der Waals surface area contributed by atoms with Crippen molar-refractivity contribution in [3.05, 3.63) is 81.6 Å². The van der Waals surface area contributed by atoms with Gasteiger partial charge >= 0.3 is 0 Å². The number of hydrogen-bond donors (Lipinski definition) is 0. The number of piperazine rings is 1. The van der Waals surface area contributed by atoms with Crippen LogP contribution in [0.1, 0.15) is 5.76 Å². The molecule has 8 heteroatoms. The van der Waals surface area contributed by atoms with E-state index in [4.69, 9.17) is 28.2 Å². The summed E-state index contributed by atoms with van der Waals surface area (Å²) in [6.45, 7) is 2.63. The summed E-state index contributed by atoms with van der Waals surface area (Å²) < 4.78 is 5.96. The van der Waals surface area contributed by atoms with E-state index in [2.05, 4.69) is 4.90 Å². The Morgan fingerprint density at radius 1 is 1.00 bits per heavy atom. The summed E-state index contributed by atoms with van der Waals surface area (Å²) >= 11 is 11.6. The number of furan rings is 1. The smallest absolute Gasteiger partial charge is 0.292 e. The summed E-state index contributed by atoms with van der Waals surface area (Å²) in [5.74, 6) is 1.38. The highest BCUT2D eigenvalue weighted by atomic mass is 35.5. The van der Waals surface area contributed by atoms with E-state index in [1.54, 1.807) is 12.1 Å². The minimum Gasteiger partial charge on any atom is -0.454 e. The van der Waals surface area contributed by atoms with Crippen LogP contribution in [0.15, 0.2) is 65.1 Å². The monoisotopic (exact) mass is 427 g/mol. The van der Waals surface area contributed by atoms with E-state index in [1.807, 2.05) is 47.4 Å². The van der Waals surface area contributed by atoms with Gasteiger partial charge in [0.1, 0.15) is 16.4 Å². The fourth-order valence-corrected chi connectivity index (χ4v) is 3.83. The molecule has 2 aromatic carbocycles. The molecule has 148 valence electrons. The lowest BCUT2D eigenvalue weighted by Gasteiger charge is -2.36. The van der Waals surface area contributed by atoms with Gasteiger partial charge < -0.3 is 14.2 Å². The van der Waals surface area contributed by atoms with Crippen molar-refractivity contribution >= 4 is 40.2 Å². The molecule has 29 heavy (non-hydrogen) atoms. The van der Waals surface area contributed by atoms with E-state index >= 15 is 0 Å². The molecule has 0 unspecified atom stereocenters. The van der Waals surface area contributed by atoms with Gasteiger partial charge in [0.05, 0.1) is 4.92 Å². The van der Waals surface area contributed by atoms with Gasteiger partial charge in [0.15, 0.2) is 5.76 Å². The molecular weight excluding hydrogens is 410 g/mol. The number of halogens is 1. The van der Waals surface area contributed by atoms with Gasteiger partial charge in [0.2, 0.25) is 0 Å². The second-order valence-corrected chi connectivity index (χ2v) is 7.52. The van der Waals surface area contributed by atoms with Crippen LogP contribution in [0.5, 0.6) is 0 Å². The zero-order valence-corrected chi connectivity index (χ0v) is 17.0. The minimum atomic E-state index is -0.340. The average Bonchev–Trinajstić information content (AvgIpc) is 3.24. The Morgan fingerprint density at radius 3 is 2.38 bits per heavy atom. The molecule has 0 radical (unpaired) electrons. The molecule has 2 heterocycles. The maximum atomic E-state index is 11.3. The lowest BCUT2D eigenvalue weighted by atomic mass is 10.2. The van der Waals surface area contributed by atoms with Crippen molar-refractivity contribution in [3.63, 3.8) is 0 Å². The first-order valence-electron chi connectivity index (χ1n) is 9.16. The molecule has 0 spiro atoms. The van der Waals surface area contributed by atoms with Crippen LogP contribution in [0.4, 0.5) is 11.4 Å². The third-order valence-electron chi connectivity index (χ3n) is 4.93. The summed E-state index contributed by atoms with van der Waals surface area (Å²) in [6, 6.07) is 18.0. The van der Waals surface area contributed by atoms with Gasteiger partial charge in [-0.1, -0.05) is 36.0 Å². The molecule has 1 aliphatic heterocycles. The highest BCUT2D eigenvalue weighted by Gasteiger charge is 2.25. The lowest BCUT2D eigenvalue weighted by molar-refractivity contribution is -0.384. The first-order chi connectivity index (χ1) is 14.0. The van der Waals surface area contributed by atoms with E-state index in [0.717, 1.165) is 11.3 Å². The Balaban J connectivity index is 1.43. The Bertz CT molecular complexity index is 1040. The number of nitrogens with zero attached hydrogens (tertiary/aromatic N) is 3. The maximum absolute atomic E-state index is 11.3. The van der Waals surface area contributed by atoms with Gasteiger partial charge in [-0.15, -0.1) is 0 Å². The predicted octanol–water partition coefficient (Wildman–Crippen LogP) is 5.01. The second-order valence-electron chi connectivity index (χ2n) is 6.70. The predicted molar refractivity (Wildman–Crippen MR) is 118 cm³/mol. The summed E-state index contributed by atoms with van der Waals surface area (Å²) in [4.78, 5) is 15.7. The molecule has 1 saturated heterocycles. The summed E-state index contributed by atoms with van der Waals surface area (Å²) in [5, 5.41) is 12.0. The van der Waals surface area contributed by atoms with Crippen LogP contribution in [-0.4, -0.2) is 41.0 Å². The molecule has 1 aromatic heterocycles. The average molecular weight is 428 g/mol. The van der Waals surface area contributed by atoms with Gasteiger partial charge in [-0.3, -0.25) is 10.1 Å². The normalized spacial score (nSPS) is 14.1. The molecule has 0 bridgehead atoms. The van der Waals surface area contributed by atoms with E-state index in [9.17, 15) is 10.1 Å². The molecular formula is C21H18ClN3O3S. The van der Waals surface area contributed by atoms with Gasteiger partial charge in [-0.2, -0.15) is 0 Å². The number of anilines is 1. The van der Waals surface area contributed by atoms with Crippen molar-refractivity contribution in [2.75, 3.05) is 31.1 Å². The van der Waals surface area contributed by atoms with Crippen molar-refractivity contribution in [2.45, 2.75) is 0 Å². The molecule has 1 fully saturated rings. The number of nitro benzene ring substituents is 1. The Labute approximate surface area is 178 Å². The topological polar surface area (TPSA) is 62.8 Å². The zero-order valence-electron chi connectivity index (χ0n) is 15.5. The van der Waals surface area contributed by atoms with Gasteiger partial charge in [-0.05, 0) is 42.5 Å². The summed E-state index contributed by atoms with van der Waals surface area (Å²) in [5.41, 5.74) is 1.71. The molecule has 0 atom stereocenters. The molecule has 0 aliphatic carbocycles. The summed E-state index contributed by atoms with van der Waals surface area (Å²) in [6.07, 6.45) is 0. The minimum absolute atomic E-state index is 0.127. The largest absolute Gasteiger partial charge is 0.454 e. The standard InChI is InChI=1S/C21H18ClN3O3S/c22-16-7-5-15(6-8-16)19-9-10-20(28-19)21(29)24-13-11-23(12-14-24)17-3-1-2-4-18(17)25(26)27/h1-10H,11-14H2. The van der Waals surface area contributed by atoms with Crippen LogP contribution in [0, 0.1) is 10.1 Å². The van der Waals surface area contributed by atoms with E-state index < -0.39 is 0 Å². The number of rotatable bonds is 4. The van der Waals surface area contributed by atoms with Crippen LogP contribution in [0.25, 0.3) is 11.3 Å². The number of nitro groups is 1. The van der Waals surface area contributed by atoms with E-state index in [1.165, 1.54) is 6.07 Å². The number of benzene rings is 2. The van der Waals surface area contributed by atoms with Crippen molar-refractivity contribution < 1.29 is 9.34 Å². The van der Waals surface area contributed by atoms with Crippen LogP contribution >= 0.6 is 23.8 Å². The molecule has 4 rings (SSSR count). The molecule has 0 amide bonds. The molecule has 1 aliphatic rings. The molecule has 6 nitrogen and oxygen atoms in total. The van der Waals surface area contributed by atoms with Crippen LogP contribution in [0.2, 0.25) is 5.02 Å². The van der Waals surface area contributed by atoms with Crippen LogP contribution in [-0.2, 0) is 0 Å². The number of hydrogen-bond acceptors (Lipinski definition) is 5. The number of para-hydroxylation sites is 2. The molecule has 0 N–H and O–H groups in total. The maximum Gasteiger partial charge on any atom is 0.292 e. The third kappa shape index (κ3) is 4.11. The van der Waals surface area contributed by atoms with Gasteiger partial charge in [0.25, 0.3) is 5.69 Å². The number of thiocarbonyl (C=S) groups is 1. The van der Waals surface area contributed by atoms with Crippen molar-refractivity contribution in [2.24, 2.45) is 0 Å². The van der Waals surface area contributed by atoms with E-state index in [-0.39, 0.29) is 10.6 Å². The Hall–Kier alpha value is -2.90. The highest BCUT2D eigenvalue weighted by Crippen LogP contribution is 2.29. The lowest BCUT2D eigenvalue weighted by Crippen LogP contribution is -2.48. The van der Waals surface area contributed by atoms with Crippen molar-refractivity contribution in [1.29, 1.82) is 0 Å². The Morgan fingerprint density at radius 2 is 1.69 bits per heavy atom. The van der Waals surface area contributed by atoms with Gasteiger partial charge in [-0.25, -0.2) is 0 Å². The fourth-order valence-electron chi connectivity index (χ4n) is 3.41. The third-order valence-corrected chi connectivity index (χ3v) is 5.64. The second kappa shape index (κ2) is 8.23. The van der Waals surface area contributed by atoms with Crippen LogP contribution < -0.4 is 4.90 Å². The molecule has 0 saturated carbocycles. The van der Waals surface area contributed by atoms with Crippen LogP contribution in [0.3, 0.4) is 0 Å². The van der Waals surface area contributed by atoms with E-state index in [0.29, 0.717) is 47.6 Å². The quantitative estimate of drug-likeness (QED) is 0.331. The first kappa shape index (κ1) is 19.4. The zero-order chi connectivity index (χ0) is 20.4. The van der Waals surface area contributed by atoms with Crippen molar-refractivity contribution in [1.82, 2.24) is 4.90 Å². The SMILES string of the molecule is O=[N+]([O-])c1ccccc1N1CCN(C(=S)c2ccc(-c3ccc(Cl)cc3)o2)CC1. The summed E-state index contributed by atoms with van der Waals surface area (Å²) in [7, 11) is 0. The first-order valence-corrected chi connectivity index (χ1v) is 9.95. The molecule has 3 aromatic rings. The van der Waals surface area contributed by atoms with Gasteiger partial charge in [0, 0.05) is 42.8 Å². The Kier molecular flexibility index (Phi) is 5.51. The van der Waals surface area contributed by atoms with Crippen molar-refractivity contribution in [3.8, 4) is 11.3 Å². The fraction of sp³-hybridized carbons (Fsp3) is 0.190. The highest BCUT2D eigenvalue weighted by molar-refractivity contribution is 7.80.